The zero-order valence-electron chi connectivity index (χ0n) is 9.65. The molecule has 0 fully saturated rings. The average molecular weight is 222 g/mol. The van der Waals surface area contributed by atoms with E-state index in [1.54, 1.807) is 0 Å². The summed E-state index contributed by atoms with van der Waals surface area (Å²) in [5.74, 6) is -0.185. The summed E-state index contributed by atoms with van der Waals surface area (Å²) in [6.45, 7) is 3.43. The molecule has 0 amide bonds. The van der Waals surface area contributed by atoms with Crippen LogP contribution >= 0.6 is 0 Å². The van der Waals surface area contributed by atoms with Gasteiger partial charge in [0.25, 0.3) is 0 Å². The van der Waals surface area contributed by atoms with Crippen molar-refractivity contribution < 1.29 is 14.3 Å². The largest absolute Gasteiger partial charge is 0.466 e. The minimum absolute atomic E-state index is 0.185. The summed E-state index contributed by atoms with van der Waals surface area (Å²) in [5.41, 5.74) is 1.12. The first-order chi connectivity index (χ1) is 7.83. The third-order valence-corrected chi connectivity index (χ3v) is 2.03. The number of ether oxygens (including phenoxy) is 2. The predicted molar refractivity (Wildman–Crippen MR) is 62.0 cm³/mol. The van der Waals surface area contributed by atoms with Gasteiger partial charge in [-0.3, -0.25) is 4.79 Å². The van der Waals surface area contributed by atoms with E-state index in [9.17, 15) is 4.79 Å². The second-order valence-electron chi connectivity index (χ2n) is 3.51. The maximum absolute atomic E-state index is 11.1. The lowest BCUT2D eigenvalue weighted by Crippen LogP contribution is -2.08. The maximum atomic E-state index is 11.1. The molecule has 1 aromatic rings. The van der Waals surface area contributed by atoms with E-state index in [1.807, 2.05) is 37.3 Å². The van der Waals surface area contributed by atoms with Crippen molar-refractivity contribution in [3.05, 3.63) is 35.9 Å². The van der Waals surface area contributed by atoms with Crippen molar-refractivity contribution in [2.45, 2.75) is 26.4 Å². The molecule has 0 N–H and O–H groups in total. The number of rotatable bonds is 7. The molecule has 3 heteroatoms. The highest BCUT2D eigenvalue weighted by Gasteiger charge is 2.01. The SMILES string of the molecule is CCCOC(=O)CCOCc1ccccc1. The van der Waals surface area contributed by atoms with E-state index >= 15 is 0 Å². The van der Waals surface area contributed by atoms with Gasteiger partial charge in [0, 0.05) is 0 Å². The van der Waals surface area contributed by atoms with Gasteiger partial charge in [-0.15, -0.1) is 0 Å². The van der Waals surface area contributed by atoms with E-state index in [2.05, 4.69) is 0 Å². The van der Waals surface area contributed by atoms with Crippen molar-refractivity contribution in [1.82, 2.24) is 0 Å². The van der Waals surface area contributed by atoms with Crippen LogP contribution in [0.2, 0.25) is 0 Å². The number of esters is 1. The Hall–Kier alpha value is -1.35. The minimum Gasteiger partial charge on any atom is -0.466 e. The lowest BCUT2D eigenvalue weighted by Gasteiger charge is -2.04. The standard InChI is InChI=1S/C13H18O3/c1-2-9-16-13(14)8-10-15-11-12-6-4-3-5-7-12/h3-7H,2,8-11H2,1H3. The Morgan fingerprint density at radius 3 is 2.62 bits per heavy atom. The van der Waals surface area contributed by atoms with Crippen molar-refractivity contribution in [2.75, 3.05) is 13.2 Å². The zero-order chi connectivity index (χ0) is 11.6. The summed E-state index contributed by atoms with van der Waals surface area (Å²) in [6.07, 6.45) is 1.18. The Morgan fingerprint density at radius 1 is 1.19 bits per heavy atom. The van der Waals surface area contributed by atoms with Crippen molar-refractivity contribution >= 4 is 5.97 Å². The number of benzene rings is 1. The van der Waals surface area contributed by atoms with Crippen LogP contribution in [0.25, 0.3) is 0 Å². The molecule has 0 heterocycles. The lowest BCUT2D eigenvalue weighted by molar-refractivity contribution is -0.144. The summed E-state index contributed by atoms with van der Waals surface area (Å²) < 4.78 is 10.3. The smallest absolute Gasteiger partial charge is 0.308 e. The van der Waals surface area contributed by atoms with Crippen molar-refractivity contribution in [2.24, 2.45) is 0 Å². The first-order valence-electron chi connectivity index (χ1n) is 5.60. The fraction of sp³-hybridized carbons (Fsp3) is 0.462. The van der Waals surface area contributed by atoms with Gasteiger partial charge in [-0.25, -0.2) is 0 Å². The first-order valence-corrected chi connectivity index (χ1v) is 5.60. The van der Waals surface area contributed by atoms with Crippen LogP contribution in [-0.4, -0.2) is 19.2 Å². The van der Waals surface area contributed by atoms with Crippen molar-refractivity contribution in [1.29, 1.82) is 0 Å². The van der Waals surface area contributed by atoms with E-state index in [-0.39, 0.29) is 5.97 Å². The number of hydrogen-bond donors (Lipinski definition) is 0. The Labute approximate surface area is 96.4 Å². The van der Waals surface area contributed by atoms with E-state index < -0.39 is 0 Å². The molecule has 88 valence electrons. The van der Waals surface area contributed by atoms with Crippen LogP contribution in [0.15, 0.2) is 30.3 Å². The molecule has 1 rings (SSSR count). The molecule has 0 unspecified atom stereocenters. The second kappa shape index (κ2) is 7.88. The molecule has 0 bridgehead atoms. The van der Waals surface area contributed by atoms with Gasteiger partial charge in [-0.2, -0.15) is 0 Å². The minimum atomic E-state index is -0.185. The summed E-state index contributed by atoms with van der Waals surface area (Å²) in [4.78, 5) is 11.1. The summed E-state index contributed by atoms with van der Waals surface area (Å²) >= 11 is 0. The molecule has 0 aromatic heterocycles. The molecule has 0 saturated heterocycles. The topological polar surface area (TPSA) is 35.5 Å². The van der Waals surface area contributed by atoms with Gasteiger partial charge in [-0.1, -0.05) is 37.3 Å². The quantitative estimate of drug-likeness (QED) is 0.525. The van der Waals surface area contributed by atoms with Gasteiger partial charge in [0.05, 0.1) is 26.2 Å². The number of carbonyl (C=O) groups excluding carboxylic acids is 1. The van der Waals surface area contributed by atoms with Crippen molar-refractivity contribution in [3.63, 3.8) is 0 Å². The predicted octanol–water partition coefficient (Wildman–Crippen LogP) is 2.55. The van der Waals surface area contributed by atoms with Crippen LogP contribution in [0.5, 0.6) is 0 Å². The third kappa shape index (κ3) is 5.51. The summed E-state index contributed by atoms with van der Waals surface area (Å²) in [5, 5.41) is 0. The third-order valence-electron chi connectivity index (χ3n) is 2.03. The van der Waals surface area contributed by atoms with Gasteiger partial charge in [0.1, 0.15) is 0 Å². The molecule has 0 spiro atoms. The molecule has 0 saturated carbocycles. The number of carbonyl (C=O) groups is 1. The summed E-state index contributed by atoms with van der Waals surface area (Å²) in [6, 6.07) is 9.89. The molecule has 0 aliphatic carbocycles. The van der Waals surface area contributed by atoms with E-state index in [1.165, 1.54) is 0 Å². The fourth-order valence-corrected chi connectivity index (χ4v) is 1.21. The Morgan fingerprint density at radius 2 is 1.94 bits per heavy atom. The Kier molecular flexibility index (Phi) is 6.26. The van der Waals surface area contributed by atoms with Gasteiger partial charge in [-0.05, 0) is 12.0 Å². The zero-order valence-corrected chi connectivity index (χ0v) is 9.65. The normalized spacial score (nSPS) is 10.1. The molecule has 3 nitrogen and oxygen atoms in total. The van der Waals surface area contributed by atoms with Crippen LogP contribution in [-0.2, 0) is 20.9 Å². The maximum Gasteiger partial charge on any atom is 0.308 e. The Bertz CT molecular complexity index is 295. The highest BCUT2D eigenvalue weighted by molar-refractivity contribution is 5.69. The van der Waals surface area contributed by atoms with Crippen LogP contribution in [0, 0.1) is 0 Å². The van der Waals surface area contributed by atoms with E-state index in [0.717, 1.165) is 12.0 Å². The molecular formula is C13H18O3. The highest BCUT2D eigenvalue weighted by Crippen LogP contribution is 2.01. The monoisotopic (exact) mass is 222 g/mol. The molecule has 0 aliphatic heterocycles. The molecule has 16 heavy (non-hydrogen) atoms. The molecule has 0 radical (unpaired) electrons. The molecule has 1 aromatic carbocycles. The number of hydrogen-bond acceptors (Lipinski definition) is 3. The fourth-order valence-electron chi connectivity index (χ4n) is 1.21. The molecule has 0 aliphatic rings. The van der Waals surface area contributed by atoms with Gasteiger partial charge < -0.3 is 9.47 Å². The van der Waals surface area contributed by atoms with Crippen LogP contribution in [0.4, 0.5) is 0 Å². The van der Waals surface area contributed by atoms with Gasteiger partial charge in [0.2, 0.25) is 0 Å². The highest BCUT2D eigenvalue weighted by atomic mass is 16.5. The Balaban J connectivity index is 2.06. The average Bonchev–Trinajstić information content (AvgIpc) is 2.33. The van der Waals surface area contributed by atoms with Gasteiger partial charge >= 0.3 is 5.97 Å². The van der Waals surface area contributed by atoms with Gasteiger partial charge in [0.15, 0.2) is 0 Å². The lowest BCUT2D eigenvalue weighted by atomic mass is 10.2. The van der Waals surface area contributed by atoms with Crippen LogP contribution < -0.4 is 0 Å². The first kappa shape index (κ1) is 12.7. The molecule has 0 atom stereocenters. The van der Waals surface area contributed by atoms with E-state index in [0.29, 0.717) is 26.2 Å². The van der Waals surface area contributed by atoms with E-state index in [4.69, 9.17) is 9.47 Å². The second-order valence-corrected chi connectivity index (χ2v) is 3.51. The van der Waals surface area contributed by atoms with Crippen molar-refractivity contribution in [3.8, 4) is 0 Å². The molecular weight excluding hydrogens is 204 g/mol. The summed E-state index contributed by atoms with van der Waals surface area (Å²) in [7, 11) is 0. The van der Waals surface area contributed by atoms with Crippen LogP contribution in [0.1, 0.15) is 25.3 Å². The van der Waals surface area contributed by atoms with Crippen LogP contribution in [0.3, 0.4) is 0 Å².